The van der Waals surface area contributed by atoms with E-state index in [4.69, 9.17) is 19.5 Å². The minimum Gasteiger partial charge on any atom is -0.507 e. The first-order chi connectivity index (χ1) is 20.3. The fourth-order valence-corrected chi connectivity index (χ4v) is 4.51. The van der Waals surface area contributed by atoms with Crippen LogP contribution in [-0.4, -0.2) is 51.6 Å². The third-order valence-electron chi connectivity index (χ3n) is 6.26. The molecule has 6 rings (SSSR count). The molecule has 8 nitrogen and oxygen atoms in total. The van der Waals surface area contributed by atoms with Gasteiger partial charge in [0, 0.05) is 33.2 Å². The summed E-state index contributed by atoms with van der Waals surface area (Å²) in [6.45, 7) is 0. The highest BCUT2D eigenvalue weighted by molar-refractivity contribution is 9.10. The highest BCUT2D eigenvalue weighted by atomic mass is 79.9. The van der Waals surface area contributed by atoms with Gasteiger partial charge in [-0.2, -0.15) is 0 Å². The molecule has 2 aromatic heterocycles. The molecule has 2 heterocycles. The van der Waals surface area contributed by atoms with Crippen molar-refractivity contribution < 1.29 is 29.7 Å². The molecule has 0 aliphatic carbocycles. The first-order valence-corrected chi connectivity index (χ1v) is 13.5. The lowest BCUT2D eigenvalue weighted by Crippen LogP contribution is -2.29. The molecule has 4 N–H and O–H groups in total. The van der Waals surface area contributed by atoms with Gasteiger partial charge in [0.1, 0.15) is 23.0 Å². The van der Waals surface area contributed by atoms with Crippen molar-refractivity contribution in [1.82, 2.24) is 9.97 Å². The summed E-state index contributed by atoms with van der Waals surface area (Å²) in [5.74, 6) is 2.04. The predicted octanol–water partition coefficient (Wildman–Crippen LogP) is 5.69. The molecule has 0 radical (unpaired) electrons. The average Bonchev–Trinajstić information content (AvgIpc) is 3.04. The molecule has 212 valence electrons. The number of aromatic hydroxyl groups is 2. The van der Waals surface area contributed by atoms with Crippen LogP contribution in [0.2, 0.25) is 0 Å². The number of rotatable bonds is 4. The zero-order chi connectivity index (χ0) is 30.1. The number of halogens is 1. The van der Waals surface area contributed by atoms with Gasteiger partial charge in [0.05, 0.1) is 25.3 Å². The Morgan fingerprint density at radius 3 is 1.64 bits per heavy atom. The van der Waals surface area contributed by atoms with Crippen molar-refractivity contribution in [1.29, 1.82) is 0 Å². The van der Waals surface area contributed by atoms with Crippen molar-refractivity contribution in [2.75, 3.05) is 14.2 Å². The molecule has 0 atom stereocenters. The van der Waals surface area contributed by atoms with Gasteiger partial charge in [-0.25, -0.2) is 0 Å². The van der Waals surface area contributed by atoms with E-state index in [1.807, 2.05) is 48.5 Å². The number of ether oxygens (including phenoxy) is 2. The van der Waals surface area contributed by atoms with Gasteiger partial charge in [-0.1, -0.05) is 24.3 Å². The number of hydrogen-bond donors (Lipinski definition) is 4. The fraction of sp³-hybridized carbons (Fsp3) is 0.0625. The molecule has 0 saturated carbocycles. The van der Waals surface area contributed by atoms with Crippen LogP contribution in [0.15, 0.2) is 114 Å². The van der Waals surface area contributed by atoms with E-state index >= 15 is 0 Å². The van der Waals surface area contributed by atoms with Crippen molar-refractivity contribution in [3.8, 4) is 34.1 Å². The second-order valence-electron chi connectivity index (χ2n) is 8.87. The largest absolute Gasteiger partial charge is 0.507 e. The Kier molecular flexibility index (Phi) is 10.3. The van der Waals surface area contributed by atoms with Crippen molar-refractivity contribution in [2.45, 2.75) is 0 Å². The number of fused-ring (bicyclic) bond motifs is 2. The minimum atomic E-state index is -1.40. The molecule has 0 bridgehead atoms. The minimum absolute atomic E-state index is 0.250. The molecule has 0 unspecified atom stereocenters. The van der Waals surface area contributed by atoms with Gasteiger partial charge in [-0.15, -0.1) is 0 Å². The maximum atomic E-state index is 9.86. The monoisotopic (exact) mass is 626 g/mol. The number of benzene rings is 4. The van der Waals surface area contributed by atoms with Crippen molar-refractivity contribution in [3.05, 3.63) is 114 Å². The summed E-state index contributed by atoms with van der Waals surface area (Å²) in [5, 5.41) is 38.2. The topological polar surface area (TPSA) is 125 Å². The van der Waals surface area contributed by atoms with E-state index in [1.165, 1.54) is 0 Å². The zero-order valence-corrected chi connectivity index (χ0v) is 24.4. The van der Waals surface area contributed by atoms with Crippen LogP contribution in [0, 0.1) is 0 Å². The summed E-state index contributed by atoms with van der Waals surface area (Å²) in [4.78, 5) is 8.50. The number of phenols is 2. The lowest BCUT2D eigenvalue weighted by atomic mass is 9.80. The lowest BCUT2D eigenvalue weighted by molar-refractivity contribution is 0.414. The second kappa shape index (κ2) is 14.3. The maximum Gasteiger partial charge on any atom is 0.488 e. The van der Waals surface area contributed by atoms with E-state index in [-0.39, 0.29) is 11.5 Å². The van der Waals surface area contributed by atoms with Gasteiger partial charge >= 0.3 is 7.12 Å². The molecular weight excluding hydrogens is 599 g/mol. The Morgan fingerprint density at radius 2 is 1.12 bits per heavy atom. The standard InChI is InChI=1S/C16H13NO2.C9H6BrNO.C7H9BO3/c1-19-12-6-4-11(5-7-12)13-8-9-15(18)14-3-2-10-17-16(13)14;10-7-3-4-8(12)6-2-1-5-11-9(6)7;1-11-7-4-2-6(3-5-7)8(9)10/h2-10,18H,1H3;1-5,12H;2-5,9-10H,1H3. The van der Waals surface area contributed by atoms with Gasteiger partial charge in [0.15, 0.2) is 0 Å². The number of aromatic nitrogens is 2. The maximum absolute atomic E-state index is 9.86. The SMILES string of the molecule is COc1ccc(-c2ccc(O)c3cccnc23)cc1.COc1ccc(B(O)O)cc1.Oc1ccc(Br)c2ncccc12. The van der Waals surface area contributed by atoms with Crippen LogP contribution < -0.4 is 14.9 Å². The Labute approximate surface area is 251 Å². The highest BCUT2D eigenvalue weighted by Crippen LogP contribution is 2.33. The summed E-state index contributed by atoms with van der Waals surface area (Å²) >= 11 is 3.36. The normalized spacial score (nSPS) is 10.2. The molecule has 0 amide bonds. The first kappa shape index (κ1) is 30.3. The smallest absolute Gasteiger partial charge is 0.488 e. The van der Waals surface area contributed by atoms with E-state index in [0.29, 0.717) is 11.2 Å². The zero-order valence-electron chi connectivity index (χ0n) is 22.8. The van der Waals surface area contributed by atoms with Crippen molar-refractivity contribution in [3.63, 3.8) is 0 Å². The molecule has 0 aliphatic rings. The van der Waals surface area contributed by atoms with Gasteiger partial charge in [0.2, 0.25) is 0 Å². The fourth-order valence-electron chi connectivity index (χ4n) is 4.06. The van der Waals surface area contributed by atoms with E-state index in [1.54, 1.807) is 75.1 Å². The Morgan fingerprint density at radius 1 is 0.619 bits per heavy atom. The van der Waals surface area contributed by atoms with E-state index in [2.05, 4.69) is 25.9 Å². The number of phenolic OH excluding ortho intramolecular Hbond substituents is 2. The Balaban J connectivity index is 0.000000153. The summed E-state index contributed by atoms with van der Waals surface area (Å²) in [6.07, 6.45) is 3.43. The van der Waals surface area contributed by atoms with Crippen LogP contribution in [-0.2, 0) is 0 Å². The van der Waals surface area contributed by atoms with Gasteiger partial charge < -0.3 is 29.7 Å². The van der Waals surface area contributed by atoms with Crippen LogP contribution in [0.4, 0.5) is 0 Å². The molecular formula is C32H28BBrN2O6. The van der Waals surface area contributed by atoms with E-state index in [0.717, 1.165) is 43.2 Å². The third-order valence-corrected chi connectivity index (χ3v) is 6.90. The molecule has 0 aliphatic heterocycles. The quantitative estimate of drug-likeness (QED) is 0.184. The third kappa shape index (κ3) is 7.35. The van der Waals surface area contributed by atoms with Gasteiger partial charge in [-0.05, 0) is 99.8 Å². The summed E-state index contributed by atoms with van der Waals surface area (Å²) in [6, 6.07) is 28.7. The molecule has 42 heavy (non-hydrogen) atoms. The van der Waals surface area contributed by atoms with Crippen LogP contribution in [0.1, 0.15) is 0 Å². The van der Waals surface area contributed by atoms with Gasteiger partial charge in [-0.3, -0.25) is 9.97 Å². The first-order valence-electron chi connectivity index (χ1n) is 12.8. The van der Waals surface area contributed by atoms with Crippen LogP contribution in [0.3, 0.4) is 0 Å². The molecule has 0 spiro atoms. The van der Waals surface area contributed by atoms with Crippen LogP contribution in [0.25, 0.3) is 32.9 Å². The molecule has 6 aromatic rings. The van der Waals surface area contributed by atoms with E-state index in [9.17, 15) is 10.2 Å². The van der Waals surface area contributed by atoms with E-state index < -0.39 is 7.12 Å². The lowest BCUT2D eigenvalue weighted by Gasteiger charge is -2.08. The van der Waals surface area contributed by atoms with Gasteiger partial charge in [0.25, 0.3) is 0 Å². The molecule has 0 fully saturated rings. The Hall–Kier alpha value is -4.64. The number of methoxy groups -OCH3 is 2. The predicted molar refractivity (Wildman–Crippen MR) is 169 cm³/mol. The number of hydrogen-bond acceptors (Lipinski definition) is 8. The molecule has 0 saturated heterocycles. The van der Waals surface area contributed by atoms with Crippen LogP contribution in [0.5, 0.6) is 23.0 Å². The summed E-state index contributed by atoms with van der Waals surface area (Å²) in [7, 11) is 1.80. The summed E-state index contributed by atoms with van der Waals surface area (Å²) < 4.78 is 10.9. The summed E-state index contributed by atoms with van der Waals surface area (Å²) in [5.41, 5.74) is 4.09. The molecule has 4 aromatic carbocycles. The van der Waals surface area contributed by atoms with Crippen molar-refractivity contribution >= 4 is 50.3 Å². The van der Waals surface area contributed by atoms with Crippen LogP contribution >= 0.6 is 15.9 Å². The van der Waals surface area contributed by atoms with Crippen molar-refractivity contribution in [2.24, 2.45) is 0 Å². The molecule has 10 heteroatoms. The average molecular weight is 627 g/mol. The Bertz CT molecular complexity index is 1730. The number of nitrogens with zero attached hydrogens (tertiary/aromatic N) is 2. The number of pyridine rings is 2. The highest BCUT2D eigenvalue weighted by Gasteiger charge is 2.10. The second-order valence-corrected chi connectivity index (χ2v) is 9.73.